The van der Waals surface area contributed by atoms with E-state index in [2.05, 4.69) is 89.9 Å². The van der Waals surface area contributed by atoms with Crippen molar-refractivity contribution in [3.63, 3.8) is 0 Å². The summed E-state index contributed by atoms with van der Waals surface area (Å²) >= 11 is 0. The summed E-state index contributed by atoms with van der Waals surface area (Å²) in [5.74, 6) is 0. The van der Waals surface area contributed by atoms with Gasteiger partial charge < -0.3 is 4.90 Å². The minimum Gasteiger partial charge on any atom is -0.344 e. The quantitative estimate of drug-likeness (QED) is 0.623. The Hall–Kier alpha value is -1.76. The molecule has 2 aromatic carbocycles. The number of benzene rings is 2. The van der Waals surface area contributed by atoms with Crippen LogP contribution < -0.4 is 4.90 Å². The zero-order chi connectivity index (χ0) is 17.7. The first kappa shape index (κ1) is 17.1. The van der Waals surface area contributed by atoms with Crippen molar-refractivity contribution in [1.29, 1.82) is 0 Å². The average molecular weight is 322 g/mol. The van der Waals surface area contributed by atoms with Gasteiger partial charge in [0.05, 0.1) is 0 Å². The van der Waals surface area contributed by atoms with Gasteiger partial charge >= 0.3 is 0 Å². The molecule has 2 aromatic rings. The van der Waals surface area contributed by atoms with E-state index in [1.807, 2.05) is 0 Å². The van der Waals surface area contributed by atoms with Crippen LogP contribution in [0.15, 0.2) is 36.4 Å². The fraction of sp³-hybridized carbons (Fsp3) is 0.478. The molecule has 0 radical (unpaired) electrons. The molecule has 1 heteroatoms. The average Bonchev–Trinajstić information content (AvgIpc) is 2.53. The van der Waals surface area contributed by atoms with Crippen LogP contribution >= 0.6 is 0 Å². The van der Waals surface area contributed by atoms with E-state index in [0.717, 1.165) is 12.8 Å². The summed E-state index contributed by atoms with van der Waals surface area (Å²) in [5, 5.41) is 0. The Morgan fingerprint density at radius 1 is 0.833 bits per heavy atom. The van der Waals surface area contributed by atoms with Crippen LogP contribution in [0, 0.1) is 0 Å². The van der Waals surface area contributed by atoms with Crippen molar-refractivity contribution in [1.82, 2.24) is 0 Å². The minimum atomic E-state index is 0.194. The summed E-state index contributed by atoms with van der Waals surface area (Å²) in [7, 11) is 2.19. The standard InChI is InChI=1S/C23H31N/c1-8-23(5,6)19-10-12-21-17(15-19)13-16-14-18(22(2,3)4)9-11-20(16)24(21)7/h9-12,14-15H,8,13H2,1-7H3. The van der Waals surface area contributed by atoms with E-state index in [1.165, 1.54) is 33.6 Å². The number of fused-ring (bicyclic) bond motifs is 2. The summed E-state index contributed by atoms with van der Waals surface area (Å²) in [4.78, 5) is 2.35. The van der Waals surface area contributed by atoms with Gasteiger partial charge in [0.15, 0.2) is 0 Å². The van der Waals surface area contributed by atoms with Crippen LogP contribution in [0.1, 0.15) is 70.2 Å². The van der Waals surface area contributed by atoms with E-state index >= 15 is 0 Å². The molecule has 0 amide bonds. The third kappa shape index (κ3) is 2.85. The predicted octanol–water partition coefficient (Wildman–Crippen LogP) is 6.34. The Labute approximate surface area is 147 Å². The molecule has 0 fully saturated rings. The highest BCUT2D eigenvalue weighted by Gasteiger charge is 2.25. The number of nitrogens with zero attached hydrogens (tertiary/aromatic N) is 1. The second-order valence-corrected chi connectivity index (χ2v) is 8.91. The van der Waals surface area contributed by atoms with Crippen LogP contribution in [0.3, 0.4) is 0 Å². The molecule has 0 saturated heterocycles. The molecule has 3 rings (SSSR count). The number of hydrogen-bond donors (Lipinski definition) is 0. The molecule has 128 valence electrons. The van der Waals surface area contributed by atoms with Gasteiger partial charge in [0.25, 0.3) is 0 Å². The van der Waals surface area contributed by atoms with Crippen molar-refractivity contribution in [2.75, 3.05) is 11.9 Å². The van der Waals surface area contributed by atoms with E-state index < -0.39 is 0 Å². The zero-order valence-electron chi connectivity index (χ0n) is 16.3. The second-order valence-electron chi connectivity index (χ2n) is 8.91. The van der Waals surface area contributed by atoms with Crippen LogP contribution in [0.2, 0.25) is 0 Å². The molecule has 24 heavy (non-hydrogen) atoms. The Balaban J connectivity index is 2.06. The number of rotatable bonds is 2. The lowest BCUT2D eigenvalue weighted by Gasteiger charge is -2.33. The topological polar surface area (TPSA) is 3.24 Å². The van der Waals surface area contributed by atoms with Gasteiger partial charge in [-0.1, -0.05) is 65.8 Å². The van der Waals surface area contributed by atoms with Gasteiger partial charge in [-0.2, -0.15) is 0 Å². The molecule has 1 aliphatic heterocycles. The van der Waals surface area contributed by atoms with Crippen LogP contribution in [0.25, 0.3) is 0 Å². The molecule has 1 nitrogen and oxygen atoms in total. The second kappa shape index (κ2) is 5.65. The molecule has 0 spiro atoms. The fourth-order valence-corrected chi connectivity index (χ4v) is 3.54. The molecular formula is C23H31N. The highest BCUT2D eigenvalue weighted by Crippen LogP contribution is 2.41. The normalized spacial score (nSPS) is 14.4. The van der Waals surface area contributed by atoms with Crippen molar-refractivity contribution >= 4 is 11.4 Å². The number of anilines is 2. The van der Waals surface area contributed by atoms with Crippen molar-refractivity contribution in [3.8, 4) is 0 Å². The smallest absolute Gasteiger partial charge is 0.0444 e. The van der Waals surface area contributed by atoms with Gasteiger partial charge in [0.2, 0.25) is 0 Å². The monoisotopic (exact) mass is 321 g/mol. The van der Waals surface area contributed by atoms with Gasteiger partial charge in [0, 0.05) is 24.8 Å². The van der Waals surface area contributed by atoms with Crippen LogP contribution in [0.4, 0.5) is 11.4 Å². The van der Waals surface area contributed by atoms with Crippen molar-refractivity contribution < 1.29 is 0 Å². The minimum absolute atomic E-state index is 0.194. The first-order valence-electron chi connectivity index (χ1n) is 9.14. The maximum atomic E-state index is 2.43. The van der Waals surface area contributed by atoms with E-state index in [1.54, 1.807) is 0 Å². The summed E-state index contributed by atoms with van der Waals surface area (Å²) in [6.45, 7) is 13.8. The molecule has 0 aromatic heterocycles. The predicted molar refractivity (Wildman–Crippen MR) is 106 cm³/mol. The summed E-state index contributed by atoms with van der Waals surface area (Å²) < 4.78 is 0. The summed E-state index contributed by atoms with van der Waals surface area (Å²) in [5.41, 5.74) is 8.90. The molecule has 1 aliphatic rings. The maximum Gasteiger partial charge on any atom is 0.0444 e. The lowest BCUT2D eigenvalue weighted by Crippen LogP contribution is -2.22. The van der Waals surface area contributed by atoms with Gasteiger partial charge in [-0.15, -0.1) is 0 Å². The fourth-order valence-electron chi connectivity index (χ4n) is 3.54. The SMILES string of the molecule is CCC(C)(C)c1ccc2c(c1)Cc1cc(C(C)(C)C)ccc1N2C. The molecule has 1 heterocycles. The maximum absolute atomic E-state index is 2.43. The van der Waals surface area contributed by atoms with Gasteiger partial charge in [-0.05, 0) is 51.6 Å². The Morgan fingerprint density at radius 3 is 1.83 bits per heavy atom. The highest BCUT2D eigenvalue weighted by atomic mass is 15.1. The van der Waals surface area contributed by atoms with Crippen molar-refractivity contribution in [3.05, 3.63) is 58.7 Å². The molecular weight excluding hydrogens is 290 g/mol. The lowest BCUT2D eigenvalue weighted by molar-refractivity contribution is 0.506. The lowest BCUT2D eigenvalue weighted by atomic mass is 9.79. The third-order valence-electron chi connectivity index (χ3n) is 5.79. The van der Waals surface area contributed by atoms with E-state index in [-0.39, 0.29) is 10.8 Å². The van der Waals surface area contributed by atoms with Crippen molar-refractivity contribution in [2.24, 2.45) is 0 Å². The van der Waals surface area contributed by atoms with E-state index in [4.69, 9.17) is 0 Å². The Morgan fingerprint density at radius 2 is 1.33 bits per heavy atom. The van der Waals surface area contributed by atoms with Crippen molar-refractivity contribution in [2.45, 2.75) is 65.2 Å². The molecule has 0 bridgehead atoms. The molecule has 0 aliphatic carbocycles. The molecule has 0 saturated carbocycles. The largest absolute Gasteiger partial charge is 0.344 e. The summed E-state index contributed by atoms with van der Waals surface area (Å²) in [6, 6.07) is 14.0. The van der Waals surface area contributed by atoms with Gasteiger partial charge in [-0.3, -0.25) is 0 Å². The Bertz CT molecular complexity index is 762. The van der Waals surface area contributed by atoms with Crippen LogP contribution in [-0.2, 0) is 17.3 Å². The van der Waals surface area contributed by atoms with Crippen LogP contribution in [-0.4, -0.2) is 7.05 Å². The first-order valence-corrected chi connectivity index (χ1v) is 9.14. The molecule has 0 atom stereocenters. The highest BCUT2D eigenvalue weighted by molar-refractivity contribution is 5.74. The molecule has 0 N–H and O–H groups in total. The van der Waals surface area contributed by atoms with E-state index in [9.17, 15) is 0 Å². The van der Waals surface area contributed by atoms with E-state index in [0.29, 0.717) is 0 Å². The first-order chi connectivity index (χ1) is 11.1. The van der Waals surface area contributed by atoms with Gasteiger partial charge in [-0.25, -0.2) is 0 Å². The summed E-state index contributed by atoms with van der Waals surface area (Å²) in [6.07, 6.45) is 2.19. The Kier molecular flexibility index (Phi) is 4.02. The van der Waals surface area contributed by atoms with Crippen LogP contribution in [0.5, 0.6) is 0 Å². The molecule has 0 unspecified atom stereocenters. The zero-order valence-corrected chi connectivity index (χ0v) is 16.3. The number of hydrogen-bond acceptors (Lipinski definition) is 1. The third-order valence-corrected chi connectivity index (χ3v) is 5.79. The van der Waals surface area contributed by atoms with Gasteiger partial charge in [0.1, 0.15) is 0 Å².